The van der Waals surface area contributed by atoms with Gasteiger partial charge in [0.2, 0.25) is 10.0 Å². The lowest BCUT2D eigenvalue weighted by molar-refractivity contribution is 0.102. The van der Waals surface area contributed by atoms with Crippen molar-refractivity contribution in [3.8, 4) is 11.4 Å². The predicted octanol–water partition coefficient (Wildman–Crippen LogP) is 3.21. The first-order valence-electron chi connectivity index (χ1n) is 10.4. The van der Waals surface area contributed by atoms with E-state index >= 15 is 0 Å². The van der Waals surface area contributed by atoms with E-state index in [4.69, 9.17) is 9.47 Å². The number of benzene rings is 3. The zero-order valence-electron chi connectivity index (χ0n) is 18.7. The molecule has 0 saturated carbocycles. The third kappa shape index (κ3) is 4.93. The maximum absolute atomic E-state index is 12.8. The molecule has 0 bridgehead atoms. The van der Waals surface area contributed by atoms with Crippen molar-refractivity contribution in [2.24, 2.45) is 0 Å². The highest BCUT2D eigenvalue weighted by molar-refractivity contribution is 7.89. The van der Waals surface area contributed by atoms with Crippen molar-refractivity contribution in [1.82, 2.24) is 14.3 Å². The van der Waals surface area contributed by atoms with Crippen LogP contribution in [0.25, 0.3) is 16.7 Å². The summed E-state index contributed by atoms with van der Waals surface area (Å²) in [4.78, 5) is 17.1. The number of rotatable bonds is 9. The Labute approximate surface area is 197 Å². The average Bonchev–Trinajstić information content (AvgIpc) is 3.28. The number of aromatic nitrogens is 2. The first-order valence-corrected chi connectivity index (χ1v) is 11.9. The Kier molecular flexibility index (Phi) is 6.92. The Bertz CT molecular complexity index is 1420. The van der Waals surface area contributed by atoms with Crippen molar-refractivity contribution in [3.63, 3.8) is 0 Å². The van der Waals surface area contributed by atoms with E-state index in [1.165, 1.54) is 32.4 Å². The quantitative estimate of drug-likeness (QED) is 0.356. The first-order chi connectivity index (χ1) is 16.4. The van der Waals surface area contributed by atoms with Crippen LogP contribution in [-0.2, 0) is 14.8 Å². The molecule has 1 heterocycles. The van der Waals surface area contributed by atoms with E-state index < -0.39 is 15.9 Å². The van der Waals surface area contributed by atoms with Gasteiger partial charge in [-0.15, -0.1) is 0 Å². The van der Waals surface area contributed by atoms with E-state index in [-0.39, 0.29) is 29.4 Å². The molecule has 0 atom stereocenters. The minimum atomic E-state index is -3.90. The molecule has 3 aromatic carbocycles. The molecule has 4 rings (SSSR count). The number of imidazole rings is 1. The Morgan fingerprint density at radius 2 is 1.79 bits per heavy atom. The number of fused-ring (bicyclic) bond motifs is 1. The van der Waals surface area contributed by atoms with Gasteiger partial charge in [-0.25, -0.2) is 18.1 Å². The average molecular weight is 481 g/mol. The number of hydrogen-bond acceptors (Lipinski definition) is 6. The van der Waals surface area contributed by atoms with E-state index in [1.54, 1.807) is 18.5 Å². The number of carbonyl (C=O) groups excluding carboxylic acids is 1. The van der Waals surface area contributed by atoms with Crippen molar-refractivity contribution in [3.05, 3.63) is 78.6 Å². The molecule has 0 aliphatic carbocycles. The lowest BCUT2D eigenvalue weighted by Crippen LogP contribution is -2.28. The molecular weight excluding hydrogens is 456 g/mol. The summed E-state index contributed by atoms with van der Waals surface area (Å²) in [5, 5.41) is 2.80. The second-order valence-electron chi connectivity index (χ2n) is 7.36. The van der Waals surface area contributed by atoms with Crippen molar-refractivity contribution < 1.29 is 22.7 Å². The maximum Gasteiger partial charge on any atom is 0.255 e. The second kappa shape index (κ2) is 10.0. The van der Waals surface area contributed by atoms with Crippen LogP contribution in [0.15, 0.2) is 78.0 Å². The summed E-state index contributed by atoms with van der Waals surface area (Å²) in [6.07, 6.45) is 1.75. The van der Waals surface area contributed by atoms with Gasteiger partial charge in [-0.2, -0.15) is 0 Å². The fourth-order valence-electron chi connectivity index (χ4n) is 3.46. The van der Waals surface area contributed by atoms with Gasteiger partial charge >= 0.3 is 0 Å². The van der Waals surface area contributed by atoms with Gasteiger partial charge < -0.3 is 14.8 Å². The molecule has 1 aromatic heterocycles. The molecule has 176 valence electrons. The summed E-state index contributed by atoms with van der Waals surface area (Å²) in [6.45, 7) is 0.309. The smallest absolute Gasteiger partial charge is 0.255 e. The zero-order valence-corrected chi connectivity index (χ0v) is 19.5. The highest BCUT2D eigenvalue weighted by atomic mass is 32.2. The molecule has 0 unspecified atom stereocenters. The van der Waals surface area contributed by atoms with Gasteiger partial charge in [0.15, 0.2) is 0 Å². The monoisotopic (exact) mass is 480 g/mol. The highest BCUT2D eigenvalue weighted by Gasteiger charge is 2.21. The molecule has 0 saturated heterocycles. The Balaban J connectivity index is 1.53. The minimum absolute atomic E-state index is 0.0942. The standard InChI is InChI=1S/C24H24N4O5S/c1-32-14-13-26-34(30,31)23-15-17(7-12-22(23)33-2)24(29)27-18-8-10-19(11-9-18)28-16-25-20-5-3-4-6-21(20)28/h3-12,15-16,26H,13-14H2,1-2H3,(H,27,29). The van der Waals surface area contributed by atoms with Gasteiger partial charge in [-0.1, -0.05) is 12.1 Å². The molecule has 2 N–H and O–H groups in total. The number of hydrogen-bond donors (Lipinski definition) is 2. The van der Waals surface area contributed by atoms with Gasteiger partial charge in [0, 0.05) is 30.6 Å². The molecule has 4 aromatic rings. The van der Waals surface area contributed by atoms with E-state index in [0.717, 1.165) is 16.7 Å². The molecule has 9 nitrogen and oxygen atoms in total. The first kappa shape index (κ1) is 23.4. The molecule has 0 aliphatic heterocycles. The Morgan fingerprint density at radius 1 is 1.03 bits per heavy atom. The minimum Gasteiger partial charge on any atom is -0.495 e. The number of ether oxygens (including phenoxy) is 2. The molecular formula is C24H24N4O5S. The SMILES string of the molecule is COCCNS(=O)(=O)c1cc(C(=O)Nc2ccc(-n3cnc4ccccc43)cc2)ccc1OC. The molecule has 0 radical (unpaired) electrons. The van der Waals surface area contributed by atoms with Crippen LogP contribution in [0, 0.1) is 0 Å². The number of sulfonamides is 1. The molecule has 10 heteroatoms. The van der Waals surface area contributed by atoms with Gasteiger partial charge in [-0.3, -0.25) is 9.36 Å². The van der Waals surface area contributed by atoms with Gasteiger partial charge in [0.1, 0.15) is 17.0 Å². The fourth-order valence-corrected chi connectivity index (χ4v) is 4.66. The summed E-state index contributed by atoms with van der Waals surface area (Å²) < 4.78 is 39.8. The van der Waals surface area contributed by atoms with Crippen molar-refractivity contribution in [1.29, 1.82) is 0 Å². The summed E-state index contributed by atoms with van der Waals surface area (Å²) in [5.41, 5.74) is 3.51. The molecule has 0 spiro atoms. The zero-order chi connectivity index (χ0) is 24.1. The fraction of sp³-hybridized carbons (Fsp3) is 0.167. The van der Waals surface area contributed by atoms with Crippen molar-refractivity contribution >= 4 is 32.7 Å². The predicted molar refractivity (Wildman–Crippen MR) is 129 cm³/mol. The normalized spacial score (nSPS) is 11.5. The van der Waals surface area contributed by atoms with Crippen LogP contribution in [-0.4, -0.2) is 51.2 Å². The summed E-state index contributed by atoms with van der Waals surface area (Å²) in [6, 6.07) is 19.3. The van der Waals surface area contributed by atoms with E-state index in [1.807, 2.05) is 41.0 Å². The van der Waals surface area contributed by atoms with Crippen LogP contribution in [0.2, 0.25) is 0 Å². The number of carbonyl (C=O) groups is 1. The van der Waals surface area contributed by atoms with Gasteiger partial charge in [0.25, 0.3) is 5.91 Å². The van der Waals surface area contributed by atoms with Crippen LogP contribution in [0.1, 0.15) is 10.4 Å². The van der Waals surface area contributed by atoms with Crippen LogP contribution >= 0.6 is 0 Å². The second-order valence-corrected chi connectivity index (χ2v) is 9.10. The van der Waals surface area contributed by atoms with Gasteiger partial charge in [0.05, 0.1) is 24.8 Å². The number of anilines is 1. The van der Waals surface area contributed by atoms with Gasteiger partial charge in [-0.05, 0) is 54.6 Å². The summed E-state index contributed by atoms with van der Waals surface area (Å²) >= 11 is 0. The highest BCUT2D eigenvalue weighted by Crippen LogP contribution is 2.26. The topological polar surface area (TPSA) is 112 Å². The lowest BCUT2D eigenvalue weighted by atomic mass is 10.2. The molecule has 34 heavy (non-hydrogen) atoms. The number of nitrogens with zero attached hydrogens (tertiary/aromatic N) is 2. The number of amides is 1. The number of methoxy groups -OCH3 is 2. The lowest BCUT2D eigenvalue weighted by Gasteiger charge is -2.13. The third-order valence-corrected chi connectivity index (χ3v) is 6.65. The third-order valence-electron chi connectivity index (χ3n) is 5.17. The van der Waals surface area contributed by atoms with E-state index in [2.05, 4.69) is 15.0 Å². The van der Waals surface area contributed by atoms with Crippen molar-refractivity contribution in [2.45, 2.75) is 4.90 Å². The van der Waals surface area contributed by atoms with Crippen LogP contribution in [0.3, 0.4) is 0 Å². The molecule has 0 fully saturated rings. The molecule has 1 amide bonds. The van der Waals surface area contributed by atoms with Crippen LogP contribution in [0.5, 0.6) is 5.75 Å². The van der Waals surface area contributed by atoms with Crippen LogP contribution < -0.4 is 14.8 Å². The van der Waals surface area contributed by atoms with E-state index in [9.17, 15) is 13.2 Å². The largest absolute Gasteiger partial charge is 0.495 e. The Morgan fingerprint density at radius 3 is 2.53 bits per heavy atom. The summed E-state index contributed by atoms with van der Waals surface area (Å²) in [7, 11) is -1.05. The van der Waals surface area contributed by atoms with Crippen molar-refractivity contribution in [2.75, 3.05) is 32.7 Å². The number of nitrogens with one attached hydrogen (secondary N) is 2. The van der Waals surface area contributed by atoms with Crippen LogP contribution in [0.4, 0.5) is 5.69 Å². The van der Waals surface area contributed by atoms with E-state index in [0.29, 0.717) is 5.69 Å². The Hall–Kier alpha value is -3.73. The molecule has 0 aliphatic rings. The maximum atomic E-state index is 12.8. The summed E-state index contributed by atoms with van der Waals surface area (Å²) in [5.74, 6) is -0.310. The number of para-hydroxylation sites is 2.